The molecule has 0 aliphatic carbocycles. The molecule has 0 saturated carbocycles. The molecule has 4 rings (SSSR count). The van der Waals surface area contributed by atoms with E-state index in [-0.39, 0.29) is 22.8 Å². The maximum Gasteiger partial charge on any atom is 0.317 e. The number of benzene rings is 3. The van der Waals surface area contributed by atoms with Crippen LogP contribution in [0.15, 0.2) is 89.7 Å². The number of carbonyl (C=O) groups excluding carboxylic acids is 1. The van der Waals surface area contributed by atoms with E-state index in [4.69, 9.17) is 19.5 Å². The number of amides is 1. The average molecular weight is 499 g/mol. The van der Waals surface area contributed by atoms with Crippen LogP contribution in [0.3, 0.4) is 0 Å². The zero-order valence-corrected chi connectivity index (χ0v) is 19.8. The maximum atomic E-state index is 13.3. The summed E-state index contributed by atoms with van der Waals surface area (Å²) in [6.07, 6.45) is 1.30. The minimum absolute atomic E-state index is 0.160. The first-order valence-corrected chi connectivity index (χ1v) is 12.0. The second kappa shape index (κ2) is 9.40. The van der Waals surface area contributed by atoms with Crippen LogP contribution < -0.4 is 5.73 Å². The van der Waals surface area contributed by atoms with Gasteiger partial charge >= 0.3 is 10.1 Å². The molecule has 1 aliphatic heterocycles. The lowest BCUT2D eigenvalue weighted by molar-refractivity contribution is -0.123. The predicted molar refractivity (Wildman–Crippen MR) is 126 cm³/mol. The Kier molecular flexibility index (Phi) is 6.51. The van der Waals surface area contributed by atoms with Crippen molar-refractivity contribution >= 4 is 21.7 Å². The van der Waals surface area contributed by atoms with Gasteiger partial charge in [-0.15, -0.1) is 4.28 Å². The number of nitrogens with two attached hydrogens (primary N) is 1. The molecule has 0 aromatic heterocycles. The first-order chi connectivity index (χ1) is 16.5. The lowest BCUT2D eigenvalue weighted by Crippen LogP contribution is -2.36. The van der Waals surface area contributed by atoms with Crippen molar-refractivity contribution in [3.8, 4) is 11.1 Å². The number of hydroxylamine groups is 2. The standard InChI is InChI=1S/C25H23FN2O6S/c1-25(2)32-16-22(33-25)15-28(24(29)18-8-12-21(27)13-9-18)34-35(30,31)23-5-3-4-19(14-23)17-6-10-20(26)11-7-17/h3-14,16H,15,27H2,1-2H3. The van der Waals surface area contributed by atoms with Crippen molar-refractivity contribution in [3.63, 3.8) is 0 Å². The van der Waals surface area contributed by atoms with E-state index in [0.29, 0.717) is 21.9 Å². The van der Waals surface area contributed by atoms with E-state index in [1.807, 2.05) is 0 Å². The van der Waals surface area contributed by atoms with E-state index in [9.17, 15) is 17.6 Å². The van der Waals surface area contributed by atoms with Crippen LogP contribution in [-0.2, 0) is 23.9 Å². The van der Waals surface area contributed by atoms with Gasteiger partial charge in [-0.2, -0.15) is 13.5 Å². The van der Waals surface area contributed by atoms with E-state index < -0.39 is 27.6 Å². The van der Waals surface area contributed by atoms with Crippen molar-refractivity contribution in [3.05, 3.63) is 96.2 Å². The monoisotopic (exact) mass is 498 g/mol. The summed E-state index contributed by atoms with van der Waals surface area (Å²) in [5.41, 5.74) is 7.44. The first kappa shape index (κ1) is 24.2. The summed E-state index contributed by atoms with van der Waals surface area (Å²) < 4.78 is 55.9. The Balaban J connectivity index is 1.63. The van der Waals surface area contributed by atoms with Crippen molar-refractivity contribution in [1.82, 2.24) is 5.06 Å². The fourth-order valence-corrected chi connectivity index (χ4v) is 4.28. The number of anilines is 1. The Bertz CT molecular complexity index is 1370. The number of nitrogen functional groups attached to an aromatic ring is 1. The first-order valence-electron chi connectivity index (χ1n) is 10.6. The van der Waals surface area contributed by atoms with E-state index in [1.165, 1.54) is 73.0 Å². The summed E-state index contributed by atoms with van der Waals surface area (Å²) >= 11 is 0. The molecule has 182 valence electrons. The lowest BCUT2D eigenvalue weighted by atomic mass is 10.1. The molecular formula is C25H23FN2O6S. The second-order valence-electron chi connectivity index (χ2n) is 8.23. The molecule has 2 N–H and O–H groups in total. The average Bonchev–Trinajstić information content (AvgIpc) is 3.17. The summed E-state index contributed by atoms with van der Waals surface area (Å²) in [5, 5.41) is 0.683. The molecule has 0 unspecified atom stereocenters. The van der Waals surface area contributed by atoms with Gasteiger partial charge in [-0.1, -0.05) is 24.3 Å². The lowest BCUT2D eigenvalue weighted by Gasteiger charge is -2.23. The number of nitrogens with zero attached hydrogens (tertiary/aromatic N) is 1. The quantitative estimate of drug-likeness (QED) is 0.378. The van der Waals surface area contributed by atoms with Crippen LogP contribution in [0, 0.1) is 5.82 Å². The van der Waals surface area contributed by atoms with Gasteiger partial charge in [0.1, 0.15) is 18.6 Å². The Morgan fingerprint density at radius 1 is 1.03 bits per heavy atom. The summed E-state index contributed by atoms with van der Waals surface area (Å²) in [6.45, 7) is 3.01. The summed E-state index contributed by atoms with van der Waals surface area (Å²) in [6, 6.07) is 17.5. The number of halogens is 1. The van der Waals surface area contributed by atoms with Crippen LogP contribution in [-0.4, -0.2) is 31.7 Å². The van der Waals surface area contributed by atoms with Gasteiger partial charge in [-0.3, -0.25) is 4.79 Å². The highest BCUT2D eigenvalue weighted by Gasteiger charge is 2.33. The van der Waals surface area contributed by atoms with Crippen molar-refractivity contribution in [2.24, 2.45) is 0 Å². The fourth-order valence-electron chi connectivity index (χ4n) is 3.32. The third-order valence-electron chi connectivity index (χ3n) is 5.02. The zero-order chi connectivity index (χ0) is 25.2. The minimum atomic E-state index is -4.45. The van der Waals surface area contributed by atoms with E-state index in [0.717, 1.165) is 0 Å². The van der Waals surface area contributed by atoms with Crippen LogP contribution in [0.2, 0.25) is 0 Å². The zero-order valence-electron chi connectivity index (χ0n) is 19.0. The largest absolute Gasteiger partial charge is 0.457 e. The Morgan fingerprint density at radius 3 is 2.34 bits per heavy atom. The molecule has 0 saturated heterocycles. The smallest absolute Gasteiger partial charge is 0.317 e. The molecule has 8 nitrogen and oxygen atoms in total. The Morgan fingerprint density at radius 2 is 1.71 bits per heavy atom. The highest BCUT2D eigenvalue weighted by atomic mass is 32.2. The number of ether oxygens (including phenoxy) is 2. The van der Waals surface area contributed by atoms with Gasteiger partial charge < -0.3 is 15.2 Å². The molecule has 0 spiro atoms. The molecule has 0 atom stereocenters. The van der Waals surface area contributed by atoms with Gasteiger partial charge in [0.15, 0.2) is 5.76 Å². The number of rotatable bonds is 7. The number of carbonyl (C=O) groups is 1. The molecule has 0 bridgehead atoms. The summed E-state index contributed by atoms with van der Waals surface area (Å²) in [4.78, 5) is 13.0. The van der Waals surface area contributed by atoms with Gasteiger partial charge in [0.05, 0.1) is 4.90 Å². The summed E-state index contributed by atoms with van der Waals surface area (Å²) in [7, 11) is -4.45. The highest BCUT2D eigenvalue weighted by molar-refractivity contribution is 7.86. The third-order valence-corrected chi connectivity index (χ3v) is 6.23. The SMILES string of the molecule is CC1(C)OC=C(CN(OS(=O)(=O)c2cccc(-c3ccc(F)cc3)c2)C(=O)c2ccc(N)cc2)O1. The van der Waals surface area contributed by atoms with Crippen molar-refractivity contribution in [2.75, 3.05) is 12.3 Å². The van der Waals surface area contributed by atoms with Crippen LogP contribution in [0.4, 0.5) is 10.1 Å². The van der Waals surface area contributed by atoms with Gasteiger partial charge in [0.25, 0.3) is 5.91 Å². The highest BCUT2D eigenvalue weighted by Crippen LogP contribution is 2.28. The van der Waals surface area contributed by atoms with Gasteiger partial charge in [0, 0.05) is 25.1 Å². The molecule has 10 heteroatoms. The molecular weight excluding hydrogens is 475 g/mol. The van der Waals surface area contributed by atoms with E-state index in [2.05, 4.69) is 0 Å². The van der Waals surface area contributed by atoms with Gasteiger partial charge in [-0.05, 0) is 59.7 Å². The van der Waals surface area contributed by atoms with Crippen molar-refractivity contribution in [2.45, 2.75) is 24.5 Å². The maximum absolute atomic E-state index is 13.3. The Labute approximate surface area is 202 Å². The molecule has 3 aromatic rings. The Hall–Kier alpha value is -3.89. The summed E-state index contributed by atoms with van der Waals surface area (Å²) in [5.74, 6) is -1.90. The fraction of sp³-hybridized carbons (Fsp3) is 0.160. The van der Waals surface area contributed by atoms with E-state index >= 15 is 0 Å². The molecule has 1 heterocycles. The van der Waals surface area contributed by atoms with Crippen LogP contribution >= 0.6 is 0 Å². The molecule has 3 aromatic carbocycles. The van der Waals surface area contributed by atoms with Crippen molar-refractivity contribution < 1.29 is 31.4 Å². The molecule has 1 aliphatic rings. The molecule has 0 fully saturated rings. The molecule has 0 radical (unpaired) electrons. The number of hydrogen-bond acceptors (Lipinski definition) is 7. The van der Waals surface area contributed by atoms with E-state index in [1.54, 1.807) is 19.9 Å². The normalized spacial score (nSPS) is 14.5. The van der Waals surface area contributed by atoms with Gasteiger partial charge in [0.2, 0.25) is 5.79 Å². The number of hydrogen-bond donors (Lipinski definition) is 1. The predicted octanol–water partition coefficient (Wildman–Crippen LogP) is 4.46. The topological polar surface area (TPSA) is 108 Å². The second-order valence-corrected chi connectivity index (χ2v) is 9.76. The molecule has 35 heavy (non-hydrogen) atoms. The minimum Gasteiger partial charge on any atom is -0.457 e. The third kappa shape index (κ3) is 5.79. The van der Waals surface area contributed by atoms with Crippen molar-refractivity contribution in [1.29, 1.82) is 0 Å². The van der Waals surface area contributed by atoms with Crippen LogP contribution in [0.1, 0.15) is 24.2 Å². The van der Waals surface area contributed by atoms with Crippen LogP contribution in [0.5, 0.6) is 0 Å². The van der Waals surface area contributed by atoms with Gasteiger partial charge in [-0.25, -0.2) is 4.39 Å². The van der Waals surface area contributed by atoms with Crippen LogP contribution in [0.25, 0.3) is 11.1 Å². The molecule has 1 amide bonds.